The number of para-hydroxylation sites is 1. The molecule has 0 bridgehead atoms. The van der Waals surface area contributed by atoms with Gasteiger partial charge in [0.25, 0.3) is 5.91 Å². The van der Waals surface area contributed by atoms with Crippen LogP contribution in [0, 0.1) is 5.92 Å². The quantitative estimate of drug-likeness (QED) is 0.700. The van der Waals surface area contributed by atoms with Gasteiger partial charge in [0, 0.05) is 24.6 Å². The lowest BCUT2D eigenvalue weighted by Crippen LogP contribution is -2.59. The molecular weight excluding hydrogens is 378 g/mol. The zero-order valence-corrected chi connectivity index (χ0v) is 16.8. The number of carbonyl (C=O) groups excluding carboxylic acids is 1. The van der Waals surface area contributed by atoms with Crippen LogP contribution in [0.4, 0.5) is 0 Å². The second-order valence-corrected chi connectivity index (χ2v) is 8.47. The van der Waals surface area contributed by atoms with Crippen molar-refractivity contribution < 1.29 is 14.3 Å². The van der Waals surface area contributed by atoms with Crippen molar-refractivity contribution in [1.29, 1.82) is 0 Å². The SMILES string of the molecule is O=C(c1cc(=O)c2ccccc2o1)N1CCC(O)(c2ccccc2)[C@@H]2CCCC[C@H]21. The van der Waals surface area contributed by atoms with Crippen molar-refractivity contribution in [3.8, 4) is 0 Å². The van der Waals surface area contributed by atoms with Crippen LogP contribution in [-0.4, -0.2) is 28.5 Å². The van der Waals surface area contributed by atoms with Gasteiger partial charge in [0.15, 0.2) is 11.2 Å². The fourth-order valence-electron chi connectivity index (χ4n) is 5.37. The molecule has 1 unspecified atom stereocenters. The summed E-state index contributed by atoms with van der Waals surface area (Å²) < 4.78 is 5.82. The summed E-state index contributed by atoms with van der Waals surface area (Å²) in [7, 11) is 0. The first-order valence-electron chi connectivity index (χ1n) is 10.7. The number of carbonyl (C=O) groups is 1. The van der Waals surface area contributed by atoms with Crippen LogP contribution >= 0.6 is 0 Å². The van der Waals surface area contributed by atoms with Gasteiger partial charge in [-0.05, 0) is 37.0 Å². The number of hydrogen-bond acceptors (Lipinski definition) is 4. The van der Waals surface area contributed by atoms with Gasteiger partial charge < -0.3 is 14.4 Å². The molecule has 1 aromatic heterocycles. The van der Waals surface area contributed by atoms with Gasteiger partial charge in [-0.25, -0.2) is 0 Å². The summed E-state index contributed by atoms with van der Waals surface area (Å²) in [5.74, 6) is -0.212. The third-order valence-electron chi connectivity index (χ3n) is 6.86. The Morgan fingerprint density at radius 3 is 2.60 bits per heavy atom. The second-order valence-electron chi connectivity index (χ2n) is 8.47. The predicted molar refractivity (Wildman–Crippen MR) is 114 cm³/mol. The third kappa shape index (κ3) is 3.05. The monoisotopic (exact) mass is 403 g/mol. The Bertz CT molecular complexity index is 1140. The Morgan fingerprint density at radius 2 is 1.77 bits per heavy atom. The highest BCUT2D eigenvalue weighted by Gasteiger charge is 2.50. The Labute approximate surface area is 174 Å². The smallest absolute Gasteiger partial charge is 0.289 e. The number of likely N-dealkylation sites (tertiary alicyclic amines) is 1. The topological polar surface area (TPSA) is 70.8 Å². The molecule has 1 aliphatic heterocycles. The van der Waals surface area contributed by atoms with E-state index in [1.165, 1.54) is 6.07 Å². The number of rotatable bonds is 2. The van der Waals surface area contributed by atoms with E-state index in [-0.39, 0.29) is 29.1 Å². The van der Waals surface area contributed by atoms with E-state index in [1.807, 2.05) is 35.2 Å². The molecule has 0 radical (unpaired) electrons. The molecule has 3 atom stereocenters. The standard InChI is InChI=1S/C25H25NO4/c27-21-16-23(30-22-13-7-4-10-18(21)22)24(28)26-15-14-25(29,17-8-2-1-3-9-17)19-11-5-6-12-20(19)26/h1-4,7-10,13,16,19-20,29H,5-6,11-12,14-15H2/t19-,20-,25?/m1/s1. The van der Waals surface area contributed by atoms with Crippen molar-refractivity contribution in [2.75, 3.05) is 6.54 Å². The number of aliphatic hydroxyl groups is 1. The van der Waals surface area contributed by atoms with Crippen LogP contribution in [0.1, 0.15) is 48.2 Å². The molecule has 154 valence electrons. The zero-order chi connectivity index (χ0) is 20.7. The number of piperidine rings is 1. The van der Waals surface area contributed by atoms with E-state index in [2.05, 4.69) is 0 Å². The Balaban J connectivity index is 1.50. The van der Waals surface area contributed by atoms with E-state index in [0.717, 1.165) is 31.2 Å². The minimum atomic E-state index is -0.937. The van der Waals surface area contributed by atoms with E-state index < -0.39 is 5.60 Å². The van der Waals surface area contributed by atoms with Crippen molar-refractivity contribution in [3.63, 3.8) is 0 Å². The van der Waals surface area contributed by atoms with Crippen LogP contribution in [-0.2, 0) is 5.60 Å². The normalized spacial score (nSPS) is 26.4. The maximum absolute atomic E-state index is 13.4. The van der Waals surface area contributed by atoms with Gasteiger partial charge in [-0.3, -0.25) is 9.59 Å². The van der Waals surface area contributed by atoms with E-state index in [9.17, 15) is 14.7 Å². The molecule has 1 saturated carbocycles. The Kier molecular flexibility index (Phi) is 4.70. The first-order valence-corrected chi connectivity index (χ1v) is 10.7. The van der Waals surface area contributed by atoms with Crippen LogP contribution in [0.2, 0.25) is 0 Å². The maximum atomic E-state index is 13.4. The lowest BCUT2D eigenvalue weighted by atomic mass is 9.66. The second kappa shape index (κ2) is 7.40. The number of hydrogen-bond donors (Lipinski definition) is 1. The predicted octanol–water partition coefficient (Wildman–Crippen LogP) is 4.09. The maximum Gasteiger partial charge on any atom is 0.289 e. The van der Waals surface area contributed by atoms with Crippen molar-refractivity contribution in [1.82, 2.24) is 4.90 Å². The molecule has 2 fully saturated rings. The average Bonchev–Trinajstić information content (AvgIpc) is 2.80. The molecule has 1 saturated heterocycles. The molecule has 30 heavy (non-hydrogen) atoms. The molecule has 1 aliphatic carbocycles. The molecular formula is C25H25NO4. The summed E-state index contributed by atoms with van der Waals surface area (Å²) in [4.78, 5) is 27.7. The highest BCUT2D eigenvalue weighted by atomic mass is 16.3. The number of fused-ring (bicyclic) bond motifs is 2. The molecule has 3 aromatic rings. The van der Waals surface area contributed by atoms with Crippen LogP contribution < -0.4 is 5.43 Å². The lowest BCUT2D eigenvalue weighted by molar-refractivity contribution is -0.110. The Hall–Kier alpha value is -2.92. The molecule has 5 rings (SSSR count). The van der Waals surface area contributed by atoms with Crippen molar-refractivity contribution in [2.24, 2.45) is 5.92 Å². The zero-order valence-electron chi connectivity index (χ0n) is 16.8. The van der Waals surface area contributed by atoms with E-state index in [0.29, 0.717) is 23.9 Å². The van der Waals surface area contributed by atoms with Crippen molar-refractivity contribution in [3.05, 3.63) is 82.2 Å². The molecule has 2 aliphatic rings. The van der Waals surface area contributed by atoms with E-state index in [4.69, 9.17) is 4.42 Å². The highest BCUT2D eigenvalue weighted by molar-refractivity contribution is 5.93. The summed E-state index contributed by atoms with van der Waals surface area (Å²) in [6.07, 6.45) is 4.27. The third-order valence-corrected chi connectivity index (χ3v) is 6.86. The van der Waals surface area contributed by atoms with Crippen LogP contribution in [0.5, 0.6) is 0 Å². The van der Waals surface area contributed by atoms with Gasteiger partial charge in [-0.2, -0.15) is 0 Å². The van der Waals surface area contributed by atoms with Crippen LogP contribution in [0.15, 0.2) is 69.9 Å². The molecule has 2 heterocycles. The summed E-state index contributed by atoms with van der Waals surface area (Å²) in [6.45, 7) is 0.432. The van der Waals surface area contributed by atoms with E-state index in [1.54, 1.807) is 24.3 Å². The molecule has 2 aromatic carbocycles. The largest absolute Gasteiger partial charge is 0.451 e. The van der Waals surface area contributed by atoms with Crippen molar-refractivity contribution in [2.45, 2.75) is 43.7 Å². The molecule has 5 nitrogen and oxygen atoms in total. The molecule has 1 amide bonds. The number of amides is 1. The minimum Gasteiger partial charge on any atom is -0.451 e. The summed E-state index contributed by atoms with van der Waals surface area (Å²) in [6, 6.07) is 18.0. The van der Waals surface area contributed by atoms with Crippen molar-refractivity contribution >= 4 is 16.9 Å². The van der Waals surface area contributed by atoms with Gasteiger partial charge in [0.2, 0.25) is 0 Å². The molecule has 1 N–H and O–H groups in total. The lowest BCUT2D eigenvalue weighted by Gasteiger charge is -2.52. The minimum absolute atomic E-state index is 0.0291. The number of nitrogens with zero attached hydrogens (tertiary/aromatic N) is 1. The van der Waals surface area contributed by atoms with Gasteiger partial charge in [-0.1, -0.05) is 55.3 Å². The fourth-order valence-corrected chi connectivity index (χ4v) is 5.37. The molecule has 5 heteroatoms. The first kappa shape index (κ1) is 19.1. The van der Waals surface area contributed by atoms with E-state index >= 15 is 0 Å². The summed E-state index contributed by atoms with van der Waals surface area (Å²) in [5, 5.41) is 12.2. The molecule has 0 spiro atoms. The van der Waals surface area contributed by atoms with Gasteiger partial charge >= 0.3 is 0 Å². The summed E-state index contributed by atoms with van der Waals surface area (Å²) >= 11 is 0. The summed E-state index contributed by atoms with van der Waals surface area (Å²) in [5.41, 5.74) is 0.198. The average molecular weight is 403 g/mol. The highest BCUT2D eigenvalue weighted by Crippen LogP contribution is 2.47. The van der Waals surface area contributed by atoms with Gasteiger partial charge in [-0.15, -0.1) is 0 Å². The van der Waals surface area contributed by atoms with Gasteiger partial charge in [0.1, 0.15) is 5.58 Å². The fraction of sp³-hybridized carbons (Fsp3) is 0.360. The van der Waals surface area contributed by atoms with Crippen LogP contribution in [0.3, 0.4) is 0 Å². The van der Waals surface area contributed by atoms with Gasteiger partial charge in [0.05, 0.1) is 11.0 Å². The Morgan fingerprint density at radius 1 is 1.03 bits per heavy atom. The van der Waals surface area contributed by atoms with Crippen LogP contribution in [0.25, 0.3) is 11.0 Å². The first-order chi connectivity index (χ1) is 14.6. The number of benzene rings is 2.